The van der Waals surface area contributed by atoms with Crippen molar-refractivity contribution in [2.75, 3.05) is 19.0 Å². The fourth-order valence-electron chi connectivity index (χ4n) is 1.94. The van der Waals surface area contributed by atoms with Crippen LogP contribution in [0.4, 0.5) is 5.13 Å². The van der Waals surface area contributed by atoms with Gasteiger partial charge in [0.05, 0.1) is 6.61 Å². The molecule has 0 aliphatic carbocycles. The third kappa shape index (κ3) is 4.74. The van der Waals surface area contributed by atoms with Gasteiger partial charge < -0.3 is 10.5 Å². The van der Waals surface area contributed by atoms with Gasteiger partial charge in [0.2, 0.25) is 11.0 Å². The Morgan fingerprint density at radius 2 is 1.95 bits per heavy atom. The highest BCUT2D eigenvalue weighted by molar-refractivity contribution is 7.18. The minimum atomic E-state index is -0.719. The van der Waals surface area contributed by atoms with Gasteiger partial charge in [0, 0.05) is 12.7 Å². The van der Waals surface area contributed by atoms with E-state index in [0.717, 1.165) is 21.7 Å². The van der Waals surface area contributed by atoms with Crippen molar-refractivity contribution in [3.63, 3.8) is 0 Å². The molecule has 2 rings (SSSR count). The van der Waals surface area contributed by atoms with Crippen LogP contribution in [0.1, 0.15) is 11.1 Å². The smallest absolute Gasteiger partial charge is 0.245 e. The van der Waals surface area contributed by atoms with E-state index < -0.39 is 6.04 Å². The van der Waals surface area contributed by atoms with Crippen molar-refractivity contribution in [1.29, 1.82) is 0 Å². The molecule has 6 nitrogen and oxygen atoms in total. The van der Waals surface area contributed by atoms with Gasteiger partial charge in [-0.05, 0) is 26.0 Å². The molecule has 120 valence electrons. The van der Waals surface area contributed by atoms with E-state index in [9.17, 15) is 4.79 Å². The van der Waals surface area contributed by atoms with Crippen LogP contribution in [0.3, 0.4) is 0 Å². The minimum Gasteiger partial charge on any atom is -0.383 e. The first-order valence-electron chi connectivity index (χ1n) is 6.47. The number of ether oxygens (including phenoxy) is 1. The van der Waals surface area contributed by atoms with Gasteiger partial charge >= 0.3 is 0 Å². The molecule has 22 heavy (non-hydrogen) atoms. The number of hydrogen-bond donors (Lipinski definition) is 2. The second kappa shape index (κ2) is 8.19. The second-order valence-electron chi connectivity index (χ2n) is 4.84. The van der Waals surface area contributed by atoms with Gasteiger partial charge in [0.25, 0.3) is 0 Å². The molecule has 0 saturated carbocycles. The lowest BCUT2D eigenvalue weighted by Crippen LogP contribution is -2.39. The van der Waals surface area contributed by atoms with Crippen LogP contribution in [0.2, 0.25) is 0 Å². The Hall–Kier alpha value is -1.54. The Morgan fingerprint density at radius 1 is 1.32 bits per heavy atom. The number of anilines is 1. The van der Waals surface area contributed by atoms with E-state index in [4.69, 9.17) is 10.5 Å². The Balaban J connectivity index is 0.00000242. The van der Waals surface area contributed by atoms with Crippen LogP contribution in [0.5, 0.6) is 0 Å². The molecule has 0 bridgehead atoms. The van der Waals surface area contributed by atoms with E-state index >= 15 is 0 Å². The predicted molar refractivity (Wildman–Crippen MR) is 90.5 cm³/mol. The Labute approximate surface area is 139 Å². The van der Waals surface area contributed by atoms with Crippen LogP contribution in [-0.4, -0.2) is 35.9 Å². The summed E-state index contributed by atoms with van der Waals surface area (Å²) in [5, 5.41) is 11.9. The number of methoxy groups -OCH3 is 1. The molecule has 8 heteroatoms. The SMILES string of the molecule is COCC(N)C(=O)Nc1nnc(-c2cc(C)cc(C)c2)s1.Cl. The summed E-state index contributed by atoms with van der Waals surface area (Å²) in [4.78, 5) is 11.8. The van der Waals surface area contributed by atoms with Gasteiger partial charge in [0.1, 0.15) is 11.0 Å². The number of aromatic nitrogens is 2. The molecule has 1 amide bonds. The standard InChI is InChI=1S/C14H18N4O2S.ClH/c1-8-4-9(2)6-10(5-8)13-17-18-14(21-13)16-12(19)11(15)7-20-3;/h4-6,11H,7,15H2,1-3H3,(H,16,18,19);1H. The maximum absolute atomic E-state index is 11.8. The third-order valence-corrected chi connectivity index (χ3v) is 3.69. The minimum absolute atomic E-state index is 0. The monoisotopic (exact) mass is 342 g/mol. The van der Waals surface area contributed by atoms with E-state index in [1.807, 2.05) is 26.0 Å². The topological polar surface area (TPSA) is 90.1 Å². The van der Waals surface area contributed by atoms with Gasteiger partial charge in [-0.2, -0.15) is 0 Å². The molecule has 0 spiro atoms. The van der Waals surface area contributed by atoms with Gasteiger partial charge in [-0.25, -0.2) is 0 Å². The summed E-state index contributed by atoms with van der Waals surface area (Å²) >= 11 is 1.32. The highest BCUT2D eigenvalue weighted by Gasteiger charge is 2.16. The summed E-state index contributed by atoms with van der Waals surface area (Å²) in [6.07, 6.45) is 0. The first-order chi connectivity index (χ1) is 9.99. The Bertz CT molecular complexity index is 627. The number of nitrogens with one attached hydrogen (secondary N) is 1. The van der Waals surface area contributed by atoms with Crippen LogP contribution in [0.15, 0.2) is 18.2 Å². The van der Waals surface area contributed by atoms with Crippen molar-refractivity contribution in [1.82, 2.24) is 10.2 Å². The fourth-order valence-corrected chi connectivity index (χ4v) is 2.68. The molecule has 1 heterocycles. The molecule has 0 aliphatic heterocycles. The summed E-state index contributed by atoms with van der Waals surface area (Å²) in [6, 6.07) is 5.45. The quantitative estimate of drug-likeness (QED) is 0.869. The summed E-state index contributed by atoms with van der Waals surface area (Å²) in [5.41, 5.74) is 8.97. The average Bonchev–Trinajstić information content (AvgIpc) is 2.86. The average molecular weight is 343 g/mol. The number of carbonyl (C=O) groups excluding carboxylic acids is 1. The van der Waals surface area contributed by atoms with Crippen LogP contribution < -0.4 is 11.1 Å². The van der Waals surface area contributed by atoms with E-state index in [-0.39, 0.29) is 24.9 Å². The number of benzene rings is 1. The van der Waals surface area contributed by atoms with E-state index in [1.165, 1.54) is 18.4 Å². The van der Waals surface area contributed by atoms with Crippen LogP contribution in [-0.2, 0) is 9.53 Å². The molecule has 1 aromatic heterocycles. The number of nitrogens with zero attached hydrogens (tertiary/aromatic N) is 2. The van der Waals surface area contributed by atoms with Crippen LogP contribution in [0.25, 0.3) is 10.6 Å². The molecule has 1 unspecified atom stereocenters. The molecular weight excluding hydrogens is 324 g/mol. The van der Waals surface area contributed by atoms with Gasteiger partial charge in [-0.3, -0.25) is 10.1 Å². The lowest BCUT2D eigenvalue weighted by molar-refractivity contribution is -0.118. The first-order valence-corrected chi connectivity index (χ1v) is 7.29. The van der Waals surface area contributed by atoms with Crippen molar-refractivity contribution in [2.45, 2.75) is 19.9 Å². The maximum Gasteiger partial charge on any atom is 0.245 e. The fraction of sp³-hybridized carbons (Fsp3) is 0.357. The number of hydrogen-bond acceptors (Lipinski definition) is 6. The van der Waals surface area contributed by atoms with Gasteiger partial charge in [-0.1, -0.05) is 28.5 Å². The van der Waals surface area contributed by atoms with Crippen LogP contribution >= 0.6 is 23.7 Å². The summed E-state index contributed by atoms with van der Waals surface area (Å²) in [6.45, 7) is 4.22. The van der Waals surface area contributed by atoms with Crippen molar-refractivity contribution in [2.24, 2.45) is 5.73 Å². The first kappa shape index (κ1) is 18.5. The zero-order valence-electron chi connectivity index (χ0n) is 12.6. The van der Waals surface area contributed by atoms with Crippen LogP contribution in [0, 0.1) is 13.8 Å². The van der Waals surface area contributed by atoms with E-state index in [1.54, 1.807) is 0 Å². The number of aryl methyl sites for hydroxylation is 2. The number of halogens is 1. The van der Waals surface area contributed by atoms with Crippen molar-refractivity contribution in [3.05, 3.63) is 29.3 Å². The zero-order chi connectivity index (χ0) is 15.4. The van der Waals surface area contributed by atoms with Gasteiger partial charge in [-0.15, -0.1) is 22.6 Å². The highest BCUT2D eigenvalue weighted by atomic mass is 35.5. The molecular formula is C14H19ClN4O2S. The molecule has 0 saturated heterocycles. The number of amides is 1. The largest absolute Gasteiger partial charge is 0.383 e. The number of carbonyl (C=O) groups is 1. The van der Waals surface area contributed by atoms with Crippen molar-refractivity contribution in [3.8, 4) is 10.6 Å². The highest BCUT2D eigenvalue weighted by Crippen LogP contribution is 2.27. The molecule has 0 radical (unpaired) electrons. The normalized spacial score (nSPS) is 11.6. The number of nitrogens with two attached hydrogens (primary N) is 1. The molecule has 0 aliphatic rings. The van der Waals surface area contributed by atoms with Crippen molar-refractivity contribution >= 4 is 34.8 Å². The molecule has 3 N–H and O–H groups in total. The van der Waals surface area contributed by atoms with E-state index in [2.05, 4.69) is 21.6 Å². The maximum atomic E-state index is 11.8. The Morgan fingerprint density at radius 3 is 2.55 bits per heavy atom. The second-order valence-corrected chi connectivity index (χ2v) is 5.82. The third-order valence-electron chi connectivity index (χ3n) is 2.81. The van der Waals surface area contributed by atoms with Gasteiger partial charge in [0.15, 0.2) is 0 Å². The molecule has 1 atom stereocenters. The summed E-state index contributed by atoms with van der Waals surface area (Å²) < 4.78 is 4.84. The summed E-state index contributed by atoms with van der Waals surface area (Å²) in [5.74, 6) is -0.333. The van der Waals surface area contributed by atoms with E-state index in [0.29, 0.717) is 5.13 Å². The lowest BCUT2D eigenvalue weighted by atomic mass is 10.1. The predicted octanol–water partition coefficient (Wildman–Crippen LogP) is 2.16. The Kier molecular flexibility index (Phi) is 6.89. The number of rotatable bonds is 5. The zero-order valence-corrected chi connectivity index (χ0v) is 14.3. The van der Waals surface area contributed by atoms with Crippen molar-refractivity contribution < 1.29 is 9.53 Å². The molecule has 0 fully saturated rings. The molecule has 2 aromatic rings. The summed E-state index contributed by atoms with van der Waals surface area (Å²) in [7, 11) is 1.50. The molecule has 1 aromatic carbocycles. The lowest BCUT2D eigenvalue weighted by Gasteiger charge is -2.08.